The van der Waals surface area contributed by atoms with Crippen LogP contribution in [-0.4, -0.2) is 32.0 Å². The number of hydrogen-bond donors (Lipinski definition) is 1. The van der Waals surface area contributed by atoms with Gasteiger partial charge in [-0.25, -0.2) is 0 Å². The number of unbranched alkanes of at least 4 members (excludes halogenated alkanes) is 1. The molecule has 0 saturated carbocycles. The second kappa shape index (κ2) is 13.0. The second-order valence-corrected chi connectivity index (χ2v) is 7.91. The van der Waals surface area contributed by atoms with E-state index in [1.165, 1.54) is 6.92 Å². The first-order valence-corrected chi connectivity index (χ1v) is 11.4. The highest BCUT2D eigenvalue weighted by Gasteiger charge is 2.11. The number of carbonyl (C=O) groups is 2. The number of methoxy groups -OCH3 is 1. The Morgan fingerprint density at radius 3 is 2.24 bits per heavy atom. The van der Waals surface area contributed by atoms with Crippen molar-refractivity contribution in [3.8, 4) is 17.2 Å². The molecule has 0 saturated heterocycles. The molecule has 3 aromatic rings. The fourth-order valence-electron chi connectivity index (χ4n) is 3.39. The molecule has 0 aliphatic heterocycles. The van der Waals surface area contributed by atoms with Gasteiger partial charge in [-0.05, 0) is 67.8 Å². The van der Waals surface area contributed by atoms with Gasteiger partial charge in [-0.3, -0.25) is 9.59 Å². The van der Waals surface area contributed by atoms with Crippen molar-refractivity contribution in [1.29, 1.82) is 0 Å². The molecule has 3 rings (SSSR count). The summed E-state index contributed by atoms with van der Waals surface area (Å²) in [4.78, 5) is 23.9. The Bertz CT molecular complexity index is 1060. The van der Waals surface area contributed by atoms with Crippen LogP contribution in [0.3, 0.4) is 0 Å². The van der Waals surface area contributed by atoms with Gasteiger partial charge >= 0.3 is 0 Å². The molecule has 6 heteroatoms. The molecule has 0 heterocycles. The topological polar surface area (TPSA) is 73.9 Å². The molecule has 0 aromatic heterocycles. The van der Waals surface area contributed by atoms with Crippen LogP contribution >= 0.6 is 0 Å². The molecule has 0 bridgehead atoms. The quantitative estimate of drug-likeness (QED) is 0.287. The summed E-state index contributed by atoms with van der Waals surface area (Å²) in [6.45, 7) is 3.15. The molecule has 0 unspecified atom stereocenters. The molecule has 0 spiro atoms. The lowest BCUT2D eigenvalue weighted by Gasteiger charge is -2.11. The monoisotopic (exact) mass is 461 g/mol. The maximum atomic E-state index is 12.3. The van der Waals surface area contributed by atoms with Crippen LogP contribution in [0.4, 0.5) is 0 Å². The van der Waals surface area contributed by atoms with E-state index in [4.69, 9.17) is 14.2 Å². The van der Waals surface area contributed by atoms with E-state index in [0.29, 0.717) is 36.6 Å². The molecule has 6 nitrogen and oxygen atoms in total. The number of ether oxygens (including phenoxy) is 3. The van der Waals surface area contributed by atoms with Crippen LogP contribution in [0, 0.1) is 0 Å². The van der Waals surface area contributed by atoms with E-state index < -0.39 is 0 Å². The summed E-state index contributed by atoms with van der Waals surface area (Å²) in [5.74, 6) is 2.03. The molecule has 0 radical (unpaired) electrons. The summed E-state index contributed by atoms with van der Waals surface area (Å²) in [6.07, 6.45) is 1.78. The van der Waals surface area contributed by atoms with E-state index in [1.54, 1.807) is 25.3 Å². The SMILES string of the molecule is COc1ccc(C(C)=O)cc1CC(=O)NCCCCOc1ccc(OCc2ccccc2)cc1. The summed E-state index contributed by atoms with van der Waals surface area (Å²) in [7, 11) is 1.55. The van der Waals surface area contributed by atoms with Crippen molar-refractivity contribution in [2.45, 2.75) is 32.8 Å². The average molecular weight is 462 g/mol. The number of amides is 1. The Kier molecular flexibility index (Phi) is 9.52. The van der Waals surface area contributed by atoms with E-state index in [2.05, 4.69) is 5.32 Å². The van der Waals surface area contributed by atoms with Crippen LogP contribution in [0.2, 0.25) is 0 Å². The zero-order chi connectivity index (χ0) is 24.2. The first-order chi connectivity index (χ1) is 16.5. The molecule has 0 aliphatic rings. The van der Waals surface area contributed by atoms with Gasteiger partial charge in [-0.15, -0.1) is 0 Å². The molecular formula is C28H31NO5. The van der Waals surface area contributed by atoms with E-state index in [-0.39, 0.29) is 18.1 Å². The number of benzene rings is 3. The summed E-state index contributed by atoms with van der Waals surface area (Å²) >= 11 is 0. The van der Waals surface area contributed by atoms with Crippen molar-refractivity contribution in [3.05, 3.63) is 89.5 Å². The van der Waals surface area contributed by atoms with Gasteiger partial charge in [0.25, 0.3) is 0 Å². The van der Waals surface area contributed by atoms with Crippen LogP contribution in [0.15, 0.2) is 72.8 Å². The van der Waals surface area contributed by atoms with E-state index >= 15 is 0 Å². The van der Waals surface area contributed by atoms with Crippen molar-refractivity contribution in [1.82, 2.24) is 5.32 Å². The molecule has 1 N–H and O–H groups in total. The third-order valence-electron chi connectivity index (χ3n) is 5.27. The van der Waals surface area contributed by atoms with Gasteiger partial charge in [-0.2, -0.15) is 0 Å². The smallest absolute Gasteiger partial charge is 0.224 e. The molecule has 0 aliphatic carbocycles. The highest BCUT2D eigenvalue weighted by molar-refractivity contribution is 5.94. The minimum Gasteiger partial charge on any atom is -0.496 e. The fraction of sp³-hybridized carbons (Fsp3) is 0.286. The van der Waals surface area contributed by atoms with E-state index in [1.807, 2.05) is 54.6 Å². The third-order valence-corrected chi connectivity index (χ3v) is 5.27. The molecule has 1 amide bonds. The minimum atomic E-state index is -0.106. The van der Waals surface area contributed by atoms with Gasteiger partial charge in [0.1, 0.15) is 23.9 Å². The fourth-order valence-corrected chi connectivity index (χ4v) is 3.39. The summed E-state index contributed by atoms with van der Waals surface area (Å²) in [5.41, 5.74) is 2.39. The zero-order valence-corrected chi connectivity index (χ0v) is 19.7. The number of rotatable bonds is 13. The van der Waals surface area contributed by atoms with Crippen molar-refractivity contribution < 1.29 is 23.8 Å². The largest absolute Gasteiger partial charge is 0.496 e. The number of hydrogen-bond acceptors (Lipinski definition) is 5. The molecule has 34 heavy (non-hydrogen) atoms. The summed E-state index contributed by atoms with van der Waals surface area (Å²) < 4.78 is 16.9. The van der Waals surface area contributed by atoms with Gasteiger partial charge in [0.15, 0.2) is 5.78 Å². The van der Waals surface area contributed by atoms with Gasteiger partial charge in [-0.1, -0.05) is 30.3 Å². The third kappa shape index (κ3) is 7.96. The van der Waals surface area contributed by atoms with Crippen LogP contribution in [0.5, 0.6) is 17.2 Å². The van der Waals surface area contributed by atoms with Crippen molar-refractivity contribution >= 4 is 11.7 Å². The average Bonchev–Trinajstić information content (AvgIpc) is 2.86. The molecule has 178 valence electrons. The number of Topliss-reactive ketones (excluding diaryl/α,β-unsaturated/α-hetero) is 1. The lowest BCUT2D eigenvalue weighted by Crippen LogP contribution is -2.26. The van der Waals surface area contributed by atoms with Gasteiger partial charge in [0.05, 0.1) is 20.1 Å². The predicted octanol–water partition coefficient (Wildman–Crippen LogP) is 4.99. The minimum absolute atomic E-state index is 0.0429. The maximum absolute atomic E-state index is 12.3. The normalized spacial score (nSPS) is 10.4. The van der Waals surface area contributed by atoms with Crippen molar-refractivity contribution in [2.24, 2.45) is 0 Å². The van der Waals surface area contributed by atoms with E-state index in [9.17, 15) is 9.59 Å². The van der Waals surface area contributed by atoms with Crippen LogP contribution < -0.4 is 19.5 Å². The predicted molar refractivity (Wildman–Crippen MR) is 132 cm³/mol. The van der Waals surface area contributed by atoms with Crippen molar-refractivity contribution in [3.63, 3.8) is 0 Å². The number of nitrogens with one attached hydrogen (secondary N) is 1. The van der Waals surface area contributed by atoms with E-state index in [0.717, 1.165) is 29.9 Å². The number of ketones is 1. The first-order valence-electron chi connectivity index (χ1n) is 11.4. The highest BCUT2D eigenvalue weighted by atomic mass is 16.5. The Balaban J connectivity index is 1.32. The number of carbonyl (C=O) groups excluding carboxylic acids is 2. The lowest BCUT2D eigenvalue weighted by atomic mass is 10.0. The second-order valence-electron chi connectivity index (χ2n) is 7.91. The molecule has 3 aromatic carbocycles. The standard InChI is InChI=1S/C28H31NO5/c1-21(30)23-10-15-27(32-2)24(18-23)19-28(31)29-16-6-7-17-33-25-11-13-26(14-12-25)34-20-22-8-4-3-5-9-22/h3-5,8-15,18H,6-7,16-17,19-20H2,1-2H3,(H,29,31). The van der Waals surface area contributed by atoms with Gasteiger partial charge in [0, 0.05) is 17.7 Å². The zero-order valence-electron chi connectivity index (χ0n) is 19.7. The van der Waals surface area contributed by atoms with Crippen molar-refractivity contribution in [2.75, 3.05) is 20.3 Å². The Labute approximate surface area is 200 Å². The first kappa shape index (κ1) is 24.8. The van der Waals surface area contributed by atoms with Gasteiger partial charge in [0.2, 0.25) is 5.91 Å². The Hall–Kier alpha value is -3.80. The Morgan fingerprint density at radius 2 is 1.56 bits per heavy atom. The van der Waals surface area contributed by atoms with Crippen LogP contribution in [-0.2, 0) is 17.8 Å². The van der Waals surface area contributed by atoms with Gasteiger partial charge < -0.3 is 19.5 Å². The lowest BCUT2D eigenvalue weighted by molar-refractivity contribution is -0.120. The van der Waals surface area contributed by atoms with Crippen LogP contribution in [0.1, 0.15) is 41.3 Å². The molecule has 0 fully saturated rings. The highest BCUT2D eigenvalue weighted by Crippen LogP contribution is 2.21. The molecule has 0 atom stereocenters. The Morgan fingerprint density at radius 1 is 0.853 bits per heavy atom. The molecular weight excluding hydrogens is 430 g/mol. The summed E-state index contributed by atoms with van der Waals surface area (Å²) in [5, 5.41) is 2.91. The maximum Gasteiger partial charge on any atom is 0.224 e. The summed E-state index contributed by atoms with van der Waals surface area (Å²) in [6, 6.07) is 22.7. The van der Waals surface area contributed by atoms with Crippen LogP contribution in [0.25, 0.3) is 0 Å².